The van der Waals surface area contributed by atoms with E-state index in [1.165, 1.54) is 6.20 Å². The maximum Gasteiger partial charge on any atom is 0.0689 e. The van der Waals surface area contributed by atoms with Crippen LogP contribution in [0.2, 0.25) is 5.02 Å². The van der Waals surface area contributed by atoms with Crippen LogP contribution in [0.5, 0.6) is 0 Å². The lowest BCUT2D eigenvalue weighted by atomic mass is 10.4. The van der Waals surface area contributed by atoms with E-state index in [4.69, 9.17) is 17.3 Å². The highest BCUT2D eigenvalue weighted by atomic mass is 35.5. The molecule has 0 aliphatic heterocycles. The SMILES string of the molecule is C=C.CC.Nc1cnccc1Cl. The van der Waals surface area contributed by atoms with Crippen molar-refractivity contribution in [3.05, 3.63) is 36.6 Å². The lowest BCUT2D eigenvalue weighted by Crippen LogP contribution is -1.85. The molecule has 3 heteroatoms. The molecule has 0 aliphatic rings. The molecule has 2 N–H and O–H groups in total. The van der Waals surface area contributed by atoms with Crippen LogP contribution < -0.4 is 5.73 Å². The van der Waals surface area contributed by atoms with E-state index in [1.54, 1.807) is 12.3 Å². The Morgan fingerprint density at radius 3 is 2.17 bits per heavy atom. The van der Waals surface area contributed by atoms with Gasteiger partial charge in [-0.05, 0) is 6.07 Å². The number of anilines is 1. The molecule has 0 radical (unpaired) electrons. The highest BCUT2D eigenvalue weighted by Crippen LogP contribution is 2.13. The third-order valence-electron chi connectivity index (χ3n) is 0.796. The average molecular weight is 187 g/mol. The van der Waals surface area contributed by atoms with Crippen molar-refractivity contribution in [3.63, 3.8) is 0 Å². The Balaban J connectivity index is 0. The minimum Gasteiger partial charge on any atom is -0.396 e. The molecule has 2 nitrogen and oxygen atoms in total. The largest absolute Gasteiger partial charge is 0.396 e. The van der Waals surface area contributed by atoms with Gasteiger partial charge >= 0.3 is 0 Å². The molecule has 68 valence electrons. The predicted octanol–water partition coefficient (Wildman–Crippen LogP) is 3.15. The summed E-state index contributed by atoms with van der Waals surface area (Å²) < 4.78 is 0. The number of nitrogens with two attached hydrogens (primary N) is 1. The first-order valence-electron chi connectivity index (χ1n) is 3.65. The van der Waals surface area contributed by atoms with Gasteiger partial charge in [-0.2, -0.15) is 0 Å². The average Bonchev–Trinajstić information content (AvgIpc) is 2.17. The van der Waals surface area contributed by atoms with Crippen LogP contribution in [0, 0.1) is 0 Å². The summed E-state index contributed by atoms with van der Waals surface area (Å²) in [7, 11) is 0. The van der Waals surface area contributed by atoms with Crippen LogP contribution in [0.3, 0.4) is 0 Å². The topological polar surface area (TPSA) is 38.9 Å². The summed E-state index contributed by atoms with van der Waals surface area (Å²) in [4.78, 5) is 3.74. The summed E-state index contributed by atoms with van der Waals surface area (Å²) in [6.45, 7) is 10.0. The molecule has 0 aromatic carbocycles. The molecule has 1 aromatic heterocycles. The molecular formula is C9H15ClN2. The van der Waals surface area contributed by atoms with Crippen molar-refractivity contribution in [1.82, 2.24) is 4.98 Å². The molecule has 0 saturated heterocycles. The number of hydrogen-bond donors (Lipinski definition) is 1. The Labute approximate surface area is 79.1 Å². The highest BCUT2D eigenvalue weighted by Gasteiger charge is 1.88. The first-order valence-corrected chi connectivity index (χ1v) is 4.03. The molecule has 12 heavy (non-hydrogen) atoms. The fourth-order valence-corrected chi connectivity index (χ4v) is 0.495. The van der Waals surface area contributed by atoms with Gasteiger partial charge in [0.05, 0.1) is 16.9 Å². The molecule has 1 rings (SSSR count). The molecule has 0 aliphatic carbocycles. The summed E-state index contributed by atoms with van der Waals surface area (Å²) in [6.07, 6.45) is 3.11. The summed E-state index contributed by atoms with van der Waals surface area (Å²) >= 11 is 5.54. The zero-order valence-electron chi connectivity index (χ0n) is 7.55. The van der Waals surface area contributed by atoms with Gasteiger partial charge in [-0.15, -0.1) is 13.2 Å². The molecule has 0 unspecified atom stereocenters. The van der Waals surface area contributed by atoms with Crippen molar-refractivity contribution < 1.29 is 0 Å². The standard InChI is InChI=1S/C5H5ClN2.C2H6.C2H4/c6-4-1-2-8-3-5(4)7;2*1-2/h1-3H,7H2;1-2H3;1-2H2. The Morgan fingerprint density at radius 1 is 1.42 bits per heavy atom. The van der Waals surface area contributed by atoms with E-state index in [-0.39, 0.29) is 0 Å². The van der Waals surface area contributed by atoms with Gasteiger partial charge in [0.2, 0.25) is 0 Å². The molecule has 0 spiro atoms. The first-order chi connectivity index (χ1) is 5.80. The van der Waals surface area contributed by atoms with Gasteiger partial charge in [-0.3, -0.25) is 4.98 Å². The van der Waals surface area contributed by atoms with E-state index in [1.807, 2.05) is 13.8 Å². The lowest BCUT2D eigenvalue weighted by Gasteiger charge is -1.90. The summed E-state index contributed by atoms with van der Waals surface area (Å²) in [5.74, 6) is 0. The number of nitrogen functional groups attached to an aromatic ring is 1. The normalized spacial score (nSPS) is 6.92. The van der Waals surface area contributed by atoms with Crippen LogP contribution in [-0.2, 0) is 0 Å². The Kier molecular flexibility index (Phi) is 11.3. The zero-order valence-corrected chi connectivity index (χ0v) is 8.30. The van der Waals surface area contributed by atoms with Gasteiger partial charge in [0, 0.05) is 6.20 Å². The van der Waals surface area contributed by atoms with E-state index in [9.17, 15) is 0 Å². The van der Waals surface area contributed by atoms with Crippen molar-refractivity contribution in [2.75, 3.05) is 5.73 Å². The molecule has 1 aromatic rings. The number of rotatable bonds is 0. The van der Waals surface area contributed by atoms with Gasteiger partial charge in [0.25, 0.3) is 0 Å². The van der Waals surface area contributed by atoms with Crippen LogP contribution >= 0.6 is 11.6 Å². The number of halogens is 1. The van der Waals surface area contributed by atoms with Gasteiger partial charge in [-0.25, -0.2) is 0 Å². The molecule has 0 amide bonds. The second kappa shape index (κ2) is 9.98. The molecule has 0 saturated carbocycles. The van der Waals surface area contributed by atoms with E-state index < -0.39 is 0 Å². The van der Waals surface area contributed by atoms with Crippen LogP contribution in [0.15, 0.2) is 31.6 Å². The Morgan fingerprint density at radius 2 is 1.92 bits per heavy atom. The van der Waals surface area contributed by atoms with Crippen molar-refractivity contribution >= 4 is 17.3 Å². The molecular weight excluding hydrogens is 172 g/mol. The second-order valence-corrected chi connectivity index (χ2v) is 1.80. The number of hydrogen-bond acceptors (Lipinski definition) is 2. The van der Waals surface area contributed by atoms with Crippen LogP contribution in [0.4, 0.5) is 5.69 Å². The van der Waals surface area contributed by atoms with Crippen molar-refractivity contribution in [2.24, 2.45) is 0 Å². The van der Waals surface area contributed by atoms with E-state index in [2.05, 4.69) is 18.1 Å². The smallest absolute Gasteiger partial charge is 0.0689 e. The van der Waals surface area contributed by atoms with Crippen molar-refractivity contribution in [1.29, 1.82) is 0 Å². The summed E-state index contributed by atoms with van der Waals surface area (Å²) in [5.41, 5.74) is 5.85. The molecule has 0 fully saturated rings. The van der Waals surface area contributed by atoms with E-state index in [0.717, 1.165) is 0 Å². The number of aromatic nitrogens is 1. The van der Waals surface area contributed by atoms with Crippen LogP contribution in [0.1, 0.15) is 13.8 Å². The first kappa shape index (κ1) is 13.6. The van der Waals surface area contributed by atoms with E-state index >= 15 is 0 Å². The number of nitrogens with zero attached hydrogens (tertiary/aromatic N) is 1. The highest BCUT2D eigenvalue weighted by molar-refractivity contribution is 6.32. The maximum atomic E-state index is 5.54. The van der Waals surface area contributed by atoms with Gasteiger partial charge in [0.1, 0.15) is 0 Å². The third kappa shape index (κ3) is 5.74. The zero-order chi connectivity index (χ0) is 9.98. The minimum atomic E-state index is 0.522. The van der Waals surface area contributed by atoms with Gasteiger partial charge < -0.3 is 5.73 Å². The molecule has 0 bridgehead atoms. The third-order valence-corrected chi connectivity index (χ3v) is 1.14. The Bertz CT molecular complexity index is 180. The second-order valence-electron chi connectivity index (χ2n) is 1.40. The van der Waals surface area contributed by atoms with Crippen LogP contribution in [0.25, 0.3) is 0 Å². The predicted molar refractivity (Wildman–Crippen MR) is 56.3 cm³/mol. The summed E-state index contributed by atoms with van der Waals surface area (Å²) in [5, 5.41) is 0.556. The fourth-order valence-electron chi connectivity index (χ4n) is 0.390. The minimum absolute atomic E-state index is 0.522. The monoisotopic (exact) mass is 186 g/mol. The van der Waals surface area contributed by atoms with Gasteiger partial charge in [0.15, 0.2) is 0 Å². The summed E-state index contributed by atoms with van der Waals surface area (Å²) in [6, 6.07) is 1.65. The van der Waals surface area contributed by atoms with Crippen LogP contribution in [-0.4, -0.2) is 4.98 Å². The fraction of sp³-hybridized carbons (Fsp3) is 0.222. The molecule has 0 atom stereocenters. The quantitative estimate of drug-likeness (QED) is 0.633. The number of pyridine rings is 1. The molecule has 1 heterocycles. The van der Waals surface area contributed by atoms with Crippen molar-refractivity contribution in [3.8, 4) is 0 Å². The van der Waals surface area contributed by atoms with Crippen molar-refractivity contribution in [2.45, 2.75) is 13.8 Å². The Hall–Kier alpha value is -1.02. The van der Waals surface area contributed by atoms with E-state index in [0.29, 0.717) is 10.7 Å². The maximum absolute atomic E-state index is 5.54. The van der Waals surface area contributed by atoms with Gasteiger partial charge in [-0.1, -0.05) is 25.4 Å². The lowest BCUT2D eigenvalue weighted by molar-refractivity contribution is 1.33.